The second kappa shape index (κ2) is 7.87. The first-order valence-corrected chi connectivity index (χ1v) is 12.6. The van der Waals surface area contributed by atoms with Crippen molar-refractivity contribution >= 4 is 44.4 Å². The average Bonchev–Trinajstić information content (AvgIpc) is 2.48. The average molecular weight is 372 g/mol. The standard InChI is InChI=1S/C18H21Cl3Si/c1-14(12-16-6-4-3-5-7-16)15(2)13-17-8-10-18(11-9-17)22(19,20)21/h3-11,14-15H,12-13H2,1-2H3. The van der Waals surface area contributed by atoms with Crippen LogP contribution in [0.2, 0.25) is 0 Å². The molecule has 2 rings (SSSR count). The van der Waals surface area contributed by atoms with Crippen molar-refractivity contribution in [1.29, 1.82) is 0 Å². The first-order chi connectivity index (χ1) is 10.4. The minimum absolute atomic E-state index is 0.607. The third kappa shape index (κ3) is 5.31. The lowest BCUT2D eigenvalue weighted by molar-refractivity contribution is 0.383. The van der Waals surface area contributed by atoms with Gasteiger partial charge in [0.2, 0.25) is 0 Å². The molecule has 0 radical (unpaired) electrons. The van der Waals surface area contributed by atoms with Gasteiger partial charge >= 0.3 is 6.00 Å². The summed E-state index contributed by atoms with van der Waals surface area (Å²) in [5, 5.41) is 0.853. The summed E-state index contributed by atoms with van der Waals surface area (Å²) in [6.45, 7) is 4.63. The summed E-state index contributed by atoms with van der Waals surface area (Å²) < 4.78 is 0. The summed E-state index contributed by atoms with van der Waals surface area (Å²) >= 11 is 18.1. The molecule has 0 heterocycles. The maximum atomic E-state index is 6.03. The third-order valence-corrected chi connectivity index (χ3v) is 7.16. The van der Waals surface area contributed by atoms with E-state index in [1.54, 1.807) is 0 Å². The summed E-state index contributed by atoms with van der Waals surface area (Å²) in [6, 6.07) is 16.0. The minimum Gasteiger partial charge on any atom is -0.121 e. The van der Waals surface area contributed by atoms with Crippen molar-refractivity contribution in [1.82, 2.24) is 0 Å². The smallest absolute Gasteiger partial charge is 0.121 e. The van der Waals surface area contributed by atoms with Crippen LogP contribution in [0.4, 0.5) is 0 Å². The number of rotatable bonds is 6. The first kappa shape index (κ1) is 17.9. The summed E-state index contributed by atoms with van der Waals surface area (Å²) in [7, 11) is 0. The van der Waals surface area contributed by atoms with Gasteiger partial charge in [0.05, 0.1) is 0 Å². The van der Waals surface area contributed by atoms with Crippen LogP contribution >= 0.6 is 33.2 Å². The summed E-state index contributed by atoms with van der Waals surface area (Å²) in [5.41, 5.74) is 2.71. The molecular weight excluding hydrogens is 351 g/mol. The Labute approximate surface area is 148 Å². The molecule has 0 aliphatic heterocycles. The van der Waals surface area contributed by atoms with E-state index in [2.05, 4.69) is 56.3 Å². The zero-order chi connectivity index (χ0) is 16.2. The molecule has 0 spiro atoms. The Morgan fingerprint density at radius 3 is 1.64 bits per heavy atom. The van der Waals surface area contributed by atoms with Gasteiger partial charge in [-0.25, -0.2) is 0 Å². The van der Waals surface area contributed by atoms with Crippen LogP contribution in [0.5, 0.6) is 0 Å². The van der Waals surface area contributed by atoms with Gasteiger partial charge in [-0.05, 0) is 41.0 Å². The first-order valence-electron chi connectivity index (χ1n) is 7.56. The highest BCUT2D eigenvalue weighted by Gasteiger charge is 2.27. The highest BCUT2D eigenvalue weighted by molar-refractivity contribution is 7.69. The molecule has 0 fully saturated rings. The topological polar surface area (TPSA) is 0 Å². The van der Waals surface area contributed by atoms with Crippen LogP contribution in [0, 0.1) is 11.8 Å². The van der Waals surface area contributed by atoms with Crippen LogP contribution in [0.1, 0.15) is 25.0 Å². The molecule has 0 saturated heterocycles. The Morgan fingerprint density at radius 2 is 1.18 bits per heavy atom. The van der Waals surface area contributed by atoms with Gasteiger partial charge < -0.3 is 0 Å². The van der Waals surface area contributed by atoms with E-state index in [9.17, 15) is 0 Å². The molecule has 118 valence electrons. The van der Waals surface area contributed by atoms with Crippen LogP contribution in [0.15, 0.2) is 54.6 Å². The van der Waals surface area contributed by atoms with Crippen LogP contribution in [-0.2, 0) is 12.8 Å². The van der Waals surface area contributed by atoms with E-state index >= 15 is 0 Å². The Hall–Kier alpha value is -0.473. The van der Waals surface area contributed by atoms with Gasteiger partial charge in [0, 0.05) is 0 Å². The molecule has 4 heteroatoms. The van der Waals surface area contributed by atoms with Crippen molar-refractivity contribution in [2.45, 2.75) is 26.7 Å². The van der Waals surface area contributed by atoms with Crippen molar-refractivity contribution in [3.8, 4) is 0 Å². The highest BCUT2D eigenvalue weighted by Crippen LogP contribution is 2.23. The summed E-state index contributed by atoms with van der Waals surface area (Å²) in [4.78, 5) is 0. The predicted octanol–water partition coefficient (Wildman–Crippen LogP) is 5.61. The molecular formula is C18H21Cl3Si. The fourth-order valence-electron chi connectivity index (χ4n) is 2.59. The molecule has 2 aromatic carbocycles. The molecule has 0 nitrogen and oxygen atoms in total. The normalized spacial score (nSPS) is 14.6. The highest BCUT2D eigenvalue weighted by atomic mass is 35.8. The second-order valence-electron chi connectivity index (χ2n) is 6.04. The molecule has 0 saturated carbocycles. The number of benzene rings is 2. The summed E-state index contributed by atoms with van der Waals surface area (Å²) in [5.74, 6) is 1.24. The lowest BCUT2D eigenvalue weighted by Gasteiger charge is -2.20. The molecule has 2 atom stereocenters. The van der Waals surface area contributed by atoms with Crippen molar-refractivity contribution < 1.29 is 0 Å². The lowest BCUT2D eigenvalue weighted by atomic mass is 9.85. The molecule has 0 aliphatic carbocycles. The van der Waals surface area contributed by atoms with E-state index in [1.807, 2.05) is 12.1 Å². The third-order valence-electron chi connectivity index (χ3n) is 4.21. The summed E-state index contributed by atoms with van der Waals surface area (Å²) in [6.07, 6.45) is 2.16. The van der Waals surface area contributed by atoms with Crippen molar-refractivity contribution in [3.63, 3.8) is 0 Å². The molecule has 22 heavy (non-hydrogen) atoms. The van der Waals surface area contributed by atoms with Gasteiger partial charge in [-0.1, -0.05) is 68.4 Å². The van der Waals surface area contributed by atoms with Crippen molar-refractivity contribution in [2.24, 2.45) is 11.8 Å². The van der Waals surface area contributed by atoms with Crippen LogP contribution < -0.4 is 5.19 Å². The number of hydrogen-bond donors (Lipinski definition) is 0. The fraction of sp³-hybridized carbons (Fsp3) is 0.333. The van der Waals surface area contributed by atoms with Crippen LogP contribution in [0.25, 0.3) is 0 Å². The molecule has 2 unspecified atom stereocenters. The Bertz CT molecular complexity index is 576. The largest absolute Gasteiger partial charge is 0.372 e. The molecule has 2 aromatic rings. The Morgan fingerprint density at radius 1 is 0.727 bits per heavy atom. The van der Waals surface area contributed by atoms with Gasteiger partial charge in [-0.2, -0.15) is 0 Å². The maximum absolute atomic E-state index is 6.03. The number of hydrogen-bond acceptors (Lipinski definition) is 0. The fourth-order valence-corrected chi connectivity index (χ4v) is 4.27. The van der Waals surface area contributed by atoms with Gasteiger partial charge in [0.25, 0.3) is 0 Å². The zero-order valence-electron chi connectivity index (χ0n) is 12.9. The quantitative estimate of drug-likeness (QED) is 0.457. The zero-order valence-corrected chi connectivity index (χ0v) is 16.2. The van der Waals surface area contributed by atoms with E-state index < -0.39 is 6.00 Å². The van der Waals surface area contributed by atoms with E-state index in [0.717, 1.165) is 18.0 Å². The van der Waals surface area contributed by atoms with E-state index in [1.165, 1.54) is 11.1 Å². The van der Waals surface area contributed by atoms with Gasteiger partial charge in [0.1, 0.15) is 0 Å². The lowest BCUT2D eigenvalue weighted by Crippen LogP contribution is -2.29. The van der Waals surface area contributed by atoms with Gasteiger partial charge in [-0.3, -0.25) is 0 Å². The molecule has 0 amide bonds. The van der Waals surface area contributed by atoms with E-state index in [0.29, 0.717) is 11.8 Å². The van der Waals surface area contributed by atoms with Gasteiger partial charge in [0.15, 0.2) is 0 Å². The molecule has 0 aliphatic rings. The monoisotopic (exact) mass is 370 g/mol. The van der Waals surface area contributed by atoms with Crippen molar-refractivity contribution in [3.05, 3.63) is 65.7 Å². The van der Waals surface area contributed by atoms with E-state index in [-0.39, 0.29) is 0 Å². The minimum atomic E-state index is -2.75. The predicted molar refractivity (Wildman–Crippen MR) is 102 cm³/mol. The molecule has 0 aromatic heterocycles. The Balaban J connectivity index is 1.95. The number of halogens is 3. The van der Waals surface area contributed by atoms with Crippen molar-refractivity contribution in [2.75, 3.05) is 0 Å². The second-order valence-corrected chi connectivity index (χ2v) is 14.5. The molecule has 0 N–H and O–H groups in total. The molecule has 0 bridgehead atoms. The van der Waals surface area contributed by atoms with E-state index in [4.69, 9.17) is 33.2 Å². The Kier molecular flexibility index (Phi) is 6.40. The van der Waals surface area contributed by atoms with Crippen LogP contribution in [-0.4, -0.2) is 6.00 Å². The maximum Gasteiger partial charge on any atom is 0.372 e. The van der Waals surface area contributed by atoms with Gasteiger partial charge in [-0.15, -0.1) is 33.2 Å². The SMILES string of the molecule is CC(Cc1ccccc1)C(C)Cc1ccc([Si](Cl)(Cl)Cl)cc1. The van der Waals surface area contributed by atoms with Crippen LogP contribution in [0.3, 0.4) is 0 Å².